The predicted molar refractivity (Wildman–Crippen MR) is 88.1 cm³/mol. The molecule has 0 radical (unpaired) electrons. The van der Waals surface area contributed by atoms with Crippen molar-refractivity contribution >= 4 is 35.2 Å². The number of rotatable bonds is 5. The summed E-state index contributed by atoms with van der Waals surface area (Å²) < 4.78 is 0. The van der Waals surface area contributed by atoms with Gasteiger partial charge in [-0.05, 0) is 30.3 Å². The monoisotopic (exact) mass is 316 g/mol. The summed E-state index contributed by atoms with van der Waals surface area (Å²) in [4.78, 5) is 22.4. The lowest BCUT2D eigenvalue weighted by Crippen LogP contribution is -2.19. The van der Waals surface area contributed by atoms with Crippen molar-refractivity contribution in [1.29, 1.82) is 0 Å². The average Bonchev–Trinajstić information content (AvgIpc) is 2.52. The first kappa shape index (κ1) is 16.0. The van der Waals surface area contributed by atoms with Gasteiger partial charge in [-0.3, -0.25) is 4.79 Å². The second-order valence-corrected chi connectivity index (χ2v) is 4.55. The molecule has 3 amide bonds. The van der Waals surface area contributed by atoms with Crippen molar-refractivity contribution in [1.82, 2.24) is 0 Å². The Balaban J connectivity index is 2.09. The molecule has 6 N–H and O–H groups in total. The van der Waals surface area contributed by atoms with Gasteiger partial charge < -0.3 is 31.5 Å². The molecule has 23 heavy (non-hydrogen) atoms. The molecule has 0 fully saturated rings. The van der Waals surface area contributed by atoms with Crippen LogP contribution in [0.1, 0.15) is 0 Å². The Morgan fingerprint density at radius 3 is 2.39 bits per heavy atom. The van der Waals surface area contributed by atoms with Crippen LogP contribution in [-0.2, 0) is 4.79 Å². The van der Waals surface area contributed by atoms with Crippen LogP contribution in [0, 0.1) is 0 Å². The molecule has 0 saturated heterocycles. The molecule has 0 aliphatic heterocycles. The van der Waals surface area contributed by atoms with Gasteiger partial charge in [-0.25, -0.2) is 4.79 Å². The zero-order valence-electron chi connectivity index (χ0n) is 12.3. The number of carbonyl (C=O) groups excluding carboxylic acids is 2. The van der Waals surface area contributed by atoms with E-state index in [4.69, 9.17) is 0 Å². The third-order valence-electron chi connectivity index (χ3n) is 2.99. The molecule has 0 aliphatic carbocycles. The van der Waals surface area contributed by atoms with Gasteiger partial charge in [0.25, 0.3) is 0 Å². The van der Waals surface area contributed by atoms with Crippen molar-refractivity contribution in [3.05, 3.63) is 36.4 Å². The molecule has 0 saturated carbocycles. The standard InChI is InChI=1S/C15H16N4O4/c1-16-13-6-9(2-4-11(13)17-8-20)18-15(23)19-12-5-3-10(21)7-14(12)22/h2-8,16,21-22H,1H3,(H,17,20)(H2,18,19,23). The number of nitrogens with one attached hydrogen (secondary N) is 4. The Morgan fingerprint density at radius 2 is 1.74 bits per heavy atom. The molecule has 2 aromatic carbocycles. The summed E-state index contributed by atoms with van der Waals surface area (Å²) in [6, 6.07) is 8.16. The van der Waals surface area contributed by atoms with E-state index in [1.54, 1.807) is 25.2 Å². The van der Waals surface area contributed by atoms with E-state index in [0.717, 1.165) is 6.07 Å². The van der Waals surface area contributed by atoms with E-state index in [1.807, 2.05) is 0 Å². The number of anilines is 4. The Bertz CT molecular complexity index is 733. The molecular weight excluding hydrogens is 300 g/mol. The Kier molecular flexibility index (Phi) is 4.88. The minimum Gasteiger partial charge on any atom is -0.508 e. The third kappa shape index (κ3) is 4.03. The van der Waals surface area contributed by atoms with Gasteiger partial charge in [0.2, 0.25) is 6.41 Å². The maximum absolute atomic E-state index is 11.9. The highest BCUT2D eigenvalue weighted by Gasteiger charge is 2.09. The topological polar surface area (TPSA) is 123 Å². The molecule has 0 aromatic heterocycles. The molecule has 0 spiro atoms. The van der Waals surface area contributed by atoms with Gasteiger partial charge in [-0.1, -0.05) is 0 Å². The van der Waals surface area contributed by atoms with Gasteiger partial charge in [-0.15, -0.1) is 0 Å². The van der Waals surface area contributed by atoms with Crippen LogP contribution < -0.4 is 21.3 Å². The zero-order valence-corrected chi connectivity index (χ0v) is 12.3. The number of urea groups is 1. The van der Waals surface area contributed by atoms with Crippen LogP contribution in [0.3, 0.4) is 0 Å². The minimum absolute atomic E-state index is 0.106. The van der Waals surface area contributed by atoms with Gasteiger partial charge in [0.1, 0.15) is 11.5 Å². The van der Waals surface area contributed by atoms with Gasteiger partial charge in [0.15, 0.2) is 0 Å². The smallest absolute Gasteiger partial charge is 0.323 e. The number of aromatic hydroxyl groups is 2. The predicted octanol–water partition coefficient (Wildman–Crippen LogP) is 2.35. The highest BCUT2D eigenvalue weighted by atomic mass is 16.3. The Morgan fingerprint density at radius 1 is 1.00 bits per heavy atom. The summed E-state index contributed by atoms with van der Waals surface area (Å²) >= 11 is 0. The molecule has 0 heterocycles. The first-order chi connectivity index (χ1) is 11.0. The molecule has 8 heteroatoms. The van der Waals surface area contributed by atoms with Gasteiger partial charge in [0.05, 0.1) is 17.1 Å². The fraction of sp³-hybridized carbons (Fsp3) is 0.0667. The highest BCUT2D eigenvalue weighted by molar-refractivity contribution is 6.01. The number of phenolic OH excluding ortho intramolecular Hbond substituents is 2. The van der Waals surface area contributed by atoms with Crippen LogP contribution in [0.15, 0.2) is 36.4 Å². The normalized spacial score (nSPS) is 9.78. The summed E-state index contributed by atoms with van der Waals surface area (Å²) in [6.45, 7) is 0. The lowest BCUT2D eigenvalue weighted by Gasteiger charge is -2.12. The third-order valence-corrected chi connectivity index (χ3v) is 2.99. The van der Waals surface area contributed by atoms with E-state index in [9.17, 15) is 19.8 Å². The highest BCUT2D eigenvalue weighted by Crippen LogP contribution is 2.28. The van der Waals surface area contributed by atoms with E-state index in [-0.39, 0.29) is 17.2 Å². The van der Waals surface area contributed by atoms with E-state index in [1.165, 1.54) is 12.1 Å². The molecule has 120 valence electrons. The van der Waals surface area contributed by atoms with E-state index >= 15 is 0 Å². The molecule has 2 aromatic rings. The van der Waals surface area contributed by atoms with Gasteiger partial charge in [0, 0.05) is 18.8 Å². The van der Waals surface area contributed by atoms with Crippen molar-refractivity contribution in [2.45, 2.75) is 0 Å². The van der Waals surface area contributed by atoms with Crippen LogP contribution in [0.4, 0.5) is 27.5 Å². The number of hydrogen-bond acceptors (Lipinski definition) is 5. The molecule has 2 rings (SSSR count). The lowest BCUT2D eigenvalue weighted by atomic mass is 10.2. The largest absolute Gasteiger partial charge is 0.508 e. The number of carbonyl (C=O) groups is 2. The van der Waals surface area contributed by atoms with Crippen LogP contribution in [0.25, 0.3) is 0 Å². The SMILES string of the molecule is CNc1cc(NC(=O)Nc2ccc(O)cc2O)ccc1NC=O. The molecular formula is C15H16N4O4. The fourth-order valence-corrected chi connectivity index (χ4v) is 1.93. The van der Waals surface area contributed by atoms with Crippen LogP contribution in [-0.4, -0.2) is 29.7 Å². The van der Waals surface area contributed by atoms with Crippen molar-refractivity contribution in [3.63, 3.8) is 0 Å². The van der Waals surface area contributed by atoms with Crippen molar-refractivity contribution in [3.8, 4) is 11.5 Å². The number of amides is 3. The molecule has 0 bridgehead atoms. The molecule has 8 nitrogen and oxygen atoms in total. The van der Waals surface area contributed by atoms with Crippen molar-refractivity contribution < 1.29 is 19.8 Å². The zero-order chi connectivity index (χ0) is 16.8. The maximum Gasteiger partial charge on any atom is 0.323 e. The van der Waals surface area contributed by atoms with E-state index in [0.29, 0.717) is 23.5 Å². The second-order valence-electron chi connectivity index (χ2n) is 4.55. The Labute approximate surface area is 132 Å². The molecule has 0 aliphatic rings. The van der Waals surface area contributed by atoms with Crippen molar-refractivity contribution in [2.24, 2.45) is 0 Å². The molecule has 0 unspecified atom stereocenters. The van der Waals surface area contributed by atoms with Crippen molar-refractivity contribution in [2.75, 3.05) is 28.3 Å². The summed E-state index contributed by atoms with van der Waals surface area (Å²) in [5, 5.41) is 29.3. The maximum atomic E-state index is 11.9. The lowest BCUT2D eigenvalue weighted by molar-refractivity contribution is -0.105. The van der Waals surface area contributed by atoms with Gasteiger partial charge in [-0.2, -0.15) is 0 Å². The number of benzene rings is 2. The first-order valence-corrected chi connectivity index (χ1v) is 6.65. The van der Waals surface area contributed by atoms with Crippen LogP contribution >= 0.6 is 0 Å². The molecule has 0 atom stereocenters. The number of phenols is 2. The number of hydrogen-bond donors (Lipinski definition) is 6. The second kappa shape index (κ2) is 7.03. The average molecular weight is 316 g/mol. The fourth-order valence-electron chi connectivity index (χ4n) is 1.93. The first-order valence-electron chi connectivity index (χ1n) is 6.65. The van der Waals surface area contributed by atoms with E-state index in [2.05, 4.69) is 21.3 Å². The van der Waals surface area contributed by atoms with Crippen LogP contribution in [0.5, 0.6) is 11.5 Å². The Hall–Kier alpha value is -3.42. The minimum atomic E-state index is -0.566. The summed E-state index contributed by atoms with van der Waals surface area (Å²) in [5.41, 5.74) is 1.85. The summed E-state index contributed by atoms with van der Waals surface area (Å²) in [5.74, 6) is -0.355. The van der Waals surface area contributed by atoms with E-state index < -0.39 is 6.03 Å². The quantitative estimate of drug-likeness (QED) is 0.287. The summed E-state index contributed by atoms with van der Waals surface area (Å²) in [7, 11) is 1.68. The summed E-state index contributed by atoms with van der Waals surface area (Å²) in [6.07, 6.45) is 0.559. The van der Waals surface area contributed by atoms with Gasteiger partial charge >= 0.3 is 6.03 Å². The van der Waals surface area contributed by atoms with Crippen LogP contribution in [0.2, 0.25) is 0 Å².